The van der Waals surface area contributed by atoms with Crippen LogP contribution in [-0.4, -0.2) is 25.3 Å². The lowest BCUT2D eigenvalue weighted by atomic mass is 10.1. The summed E-state index contributed by atoms with van der Waals surface area (Å²) in [5.74, 6) is -0.0131. The molecule has 0 radical (unpaired) electrons. The molecule has 2 rings (SSSR count). The first-order chi connectivity index (χ1) is 9.41. The monoisotopic (exact) mass is 293 g/mol. The number of aryl methyl sites for hydroxylation is 1. The number of aromatic nitrogens is 3. The summed E-state index contributed by atoms with van der Waals surface area (Å²) >= 11 is 5.92. The van der Waals surface area contributed by atoms with Gasteiger partial charge in [-0.05, 0) is 33.8 Å². The van der Waals surface area contributed by atoms with Gasteiger partial charge in [0.1, 0.15) is 0 Å². The van der Waals surface area contributed by atoms with Crippen LogP contribution in [0.4, 0.5) is 0 Å². The van der Waals surface area contributed by atoms with Gasteiger partial charge < -0.3 is 9.13 Å². The van der Waals surface area contributed by atoms with Crippen molar-refractivity contribution in [2.24, 2.45) is 0 Å². The number of hydrogen-bond donors (Lipinski definition) is 0. The lowest BCUT2D eigenvalue weighted by molar-refractivity contribution is 0.0991. The topological polar surface area (TPSA) is 39.8 Å². The maximum absolute atomic E-state index is 12.1. The average Bonchev–Trinajstić information content (AvgIpc) is 2.96. The van der Waals surface area contributed by atoms with Gasteiger partial charge in [0.15, 0.2) is 5.78 Å². The van der Waals surface area contributed by atoms with Gasteiger partial charge in [-0.15, -0.1) is 11.6 Å². The van der Waals surface area contributed by atoms with Gasteiger partial charge in [-0.25, -0.2) is 4.98 Å². The Bertz CT molecular complexity index is 599. The summed E-state index contributed by atoms with van der Waals surface area (Å²) < 4.78 is 4.22. The van der Waals surface area contributed by atoms with E-state index in [1.165, 1.54) is 0 Å². The van der Waals surface area contributed by atoms with E-state index in [-0.39, 0.29) is 11.8 Å². The summed E-state index contributed by atoms with van der Waals surface area (Å²) in [5.41, 5.74) is 2.78. The van der Waals surface area contributed by atoms with Crippen molar-refractivity contribution in [2.75, 3.05) is 0 Å². The highest BCUT2D eigenvalue weighted by atomic mass is 35.5. The van der Waals surface area contributed by atoms with E-state index in [4.69, 9.17) is 11.6 Å². The van der Waals surface area contributed by atoms with E-state index in [1.807, 2.05) is 30.7 Å². The van der Waals surface area contributed by atoms with E-state index in [0.717, 1.165) is 23.5 Å². The Balaban J connectivity index is 2.30. The number of imidazole rings is 1. The van der Waals surface area contributed by atoms with Gasteiger partial charge >= 0.3 is 0 Å². The predicted molar refractivity (Wildman–Crippen MR) is 80.5 cm³/mol. The van der Waals surface area contributed by atoms with Crippen molar-refractivity contribution in [3.05, 3.63) is 41.7 Å². The number of ketones is 1. The van der Waals surface area contributed by atoms with Gasteiger partial charge in [0.2, 0.25) is 0 Å². The van der Waals surface area contributed by atoms with E-state index < -0.39 is 5.38 Å². The van der Waals surface area contributed by atoms with Crippen molar-refractivity contribution >= 4 is 17.4 Å². The number of carbonyl (C=O) groups excluding carboxylic acids is 1. The summed E-state index contributed by atoms with van der Waals surface area (Å²) in [7, 11) is 0. The SMILES string of the molecule is Cc1cc(C(=O)C(C)Cl)c(C)n1C(C)Cn1ccnc1. The zero-order valence-electron chi connectivity index (χ0n) is 12.3. The minimum absolute atomic E-state index is 0.0131. The maximum Gasteiger partial charge on any atom is 0.182 e. The molecule has 0 fully saturated rings. The predicted octanol–water partition coefficient (Wildman–Crippen LogP) is 3.37. The standard InChI is InChI=1S/C15H20ClN3O/c1-10-7-14(15(20)12(3)16)13(4)19(10)11(2)8-18-6-5-17-9-18/h5-7,9,11-12H,8H2,1-4H3. The Morgan fingerprint density at radius 2 is 2.10 bits per heavy atom. The fraction of sp³-hybridized carbons (Fsp3) is 0.467. The molecule has 108 valence electrons. The molecule has 2 aromatic rings. The molecule has 0 saturated carbocycles. The molecule has 2 unspecified atom stereocenters. The van der Waals surface area contributed by atoms with Gasteiger partial charge in [0.05, 0.1) is 11.7 Å². The summed E-state index contributed by atoms with van der Waals surface area (Å²) in [6.07, 6.45) is 5.52. The number of Topliss-reactive ketones (excluding diaryl/α,β-unsaturated/α-hetero) is 1. The summed E-state index contributed by atoms with van der Waals surface area (Å²) in [5, 5.41) is -0.493. The largest absolute Gasteiger partial charge is 0.344 e. The Hall–Kier alpha value is -1.55. The van der Waals surface area contributed by atoms with E-state index in [9.17, 15) is 4.79 Å². The number of nitrogens with zero attached hydrogens (tertiary/aromatic N) is 3. The van der Waals surface area contributed by atoms with Crippen LogP contribution in [0.15, 0.2) is 24.8 Å². The third-order valence-electron chi connectivity index (χ3n) is 3.59. The normalized spacial score (nSPS) is 14.2. The van der Waals surface area contributed by atoms with Gasteiger partial charge in [-0.2, -0.15) is 0 Å². The zero-order valence-corrected chi connectivity index (χ0v) is 13.1. The van der Waals surface area contributed by atoms with Gasteiger partial charge in [0.25, 0.3) is 0 Å². The average molecular weight is 294 g/mol. The second-order valence-corrected chi connectivity index (χ2v) is 5.90. The second-order valence-electron chi connectivity index (χ2n) is 5.24. The number of carbonyl (C=O) groups is 1. The molecule has 0 aromatic carbocycles. The molecule has 0 saturated heterocycles. The van der Waals surface area contributed by atoms with Crippen molar-refractivity contribution in [2.45, 2.75) is 45.7 Å². The Morgan fingerprint density at radius 1 is 1.40 bits per heavy atom. The first-order valence-electron chi connectivity index (χ1n) is 6.74. The lowest BCUT2D eigenvalue weighted by Crippen LogP contribution is -2.16. The van der Waals surface area contributed by atoms with Crippen molar-refractivity contribution in [3.63, 3.8) is 0 Å². The van der Waals surface area contributed by atoms with Crippen LogP contribution in [0.1, 0.15) is 41.6 Å². The molecule has 2 aromatic heterocycles. The molecule has 5 heteroatoms. The molecule has 2 heterocycles. The van der Waals surface area contributed by atoms with Crippen molar-refractivity contribution in [3.8, 4) is 0 Å². The fourth-order valence-electron chi connectivity index (χ4n) is 2.70. The quantitative estimate of drug-likeness (QED) is 0.626. The molecule has 0 spiro atoms. The molecule has 4 nitrogen and oxygen atoms in total. The molecule has 0 bridgehead atoms. The summed E-state index contributed by atoms with van der Waals surface area (Å²) in [6, 6.07) is 2.18. The zero-order chi connectivity index (χ0) is 14.9. The van der Waals surface area contributed by atoms with Gasteiger partial charge in [0, 0.05) is 41.9 Å². The molecular formula is C15H20ClN3O. The minimum atomic E-state index is -0.493. The number of alkyl halides is 1. The third-order valence-corrected chi connectivity index (χ3v) is 3.78. The highest BCUT2D eigenvalue weighted by molar-refractivity contribution is 6.33. The van der Waals surface area contributed by atoms with Crippen molar-refractivity contribution in [1.82, 2.24) is 14.1 Å². The Labute approximate surface area is 124 Å². The molecule has 0 aliphatic heterocycles. The van der Waals surface area contributed by atoms with Gasteiger partial charge in [-0.3, -0.25) is 4.79 Å². The fourth-order valence-corrected chi connectivity index (χ4v) is 2.82. The van der Waals surface area contributed by atoms with Crippen LogP contribution in [0.25, 0.3) is 0 Å². The van der Waals surface area contributed by atoms with Crippen molar-refractivity contribution < 1.29 is 4.79 Å². The third kappa shape index (κ3) is 2.80. The Morgan fingerprint density at radius 3 is 2.65 bits per heavy atom. The number of rotatable bonds is 5. The highest BCUT2D eigenvalue weighted by Crippen LogP contribution is 2.23. The molecule has 0 N–H and O–H groups in total. The summed E-state index contributed by atoms with van der Waals surface area (Å²) in [4.78, 5) is 16.2. The van der Waals surface area contributed by atoms with Crippen LogP contribution in [0.3, 0.4) is 0 Å². The smallest absolute Gasteiger partial charge is 0.182 e. The molecule has 0 aliphatic rings. The summed E-state index contributed by atoms with van der Waals surface area (Å²) in [6.45, 7) is 8.67. The number of halogens is 1. The molecular weight excluding hydrogens is 274 g/mol. The van der Waals surface area contributed by atoms with E-state index >= 15 is 0 Å². The van der Waals surface area contributed by atoms with E-state index in [0.29, 0.717) is 0 Å². The van der Waals surface area contributed by atoms with Crippen molar-refractivity contribution in [1.29, 1.82) is 0 Å². The first kappa shape index (κ1) is 14.9. The molecule has 0 aliphatic carbocycles. The molecule has 20 heavy (non-hydrogen) atoms. The van der Waals surface area contributed by atoms with Crippen LogP contribution in [-0.2, 0) is 6.54 Å². The van der Waals surface area contributed by atoms with E-state index in [2.05, 4.69) is 16.5 Å². The second kappa shape index (κ2) is 5.83. The minimum Gasteiger partial charge on any atom is -0.344 e. The molecule has 2 atom stereocenters. The van der Waals surface area contributed by atoms with Crippen LogP contribution in [0.2, 0.25) is 0 Å². The van der Waals surface area contributed by atoms with Crippen LogP contribution >= 0.6 is 11.6 Å². The van der Waals surface area contributed by atoms with Crippen LogP contribution < -0.4 is 0 Å². The first-order valence-corrected chi connectivity index (χ1v) is 7.18. The lowest BCUT2D eigenvalue weighted by Gasteiger charge is -2.19. The maximum atomic E-state index is 12.1. The van der Waals surface area contributed by atoms with E-state index in [1.54, 1.807) is 19.4 Å². The molecule has 0 amide bonds. The van der Waals surface area contributed by atoms with Crippen LogP contribution in [0.5, 0.6) is 0 Å². The number of hydrogen-bond acceptors (Lipinski definition) is 2. The van der Waals surface area contributed by atoms with Crippen LogP contribution in [0, 0.1) is 13.8 Å². The Kier molecular flexibility index (Phi) is 4.33. The highest BCUT2D eigenvalue weighted by Gasteiger charge is 2.21. The van der Waals surface area contributed by atoms with Gasteiger partial charge in [-0.1, -0.05) is 0 Å².